The van der Waals surface area contributed by atoms with Crippen molar-refractivity contribution in [2.24, 2.45) is 0 Å². The van der Waals surface area contributed by atoms with Gasteiger partial charge in [0.25, 0.3) is 15.9 Å². The van der Waals surface area contributed by atoms with Crippen molar-refractivity contribution in [3.05, 3.63) is 57.4 Å². The van der Waals surface area contributed by atoms with Gasteiger partial charge in [0.15, 0.2) is 11.5 Å². The summed E-state index contributed by atoms with van der Waals surface area (Å²) in [6.45, 7) is 0.811. The number of ketones is 1. The molecule has 0 fully saturated rings. The van der Waals surface area contributed by atoms with Gasteiger partial charge in [-0.25, -0.2) is 8.42 Å². The number of carbonyl (C=O) groups excluding carboxylic acids is 2. The minimum Gasteiger partial charge on any atom is -0.481 e. The van der Waals surface area contributed by atoms with Gasteiger partial charge in [0.2, 0.25) is 0 Å². The van der Waals surface area contributed by atoms with E-state index in [0.29, 0.717) is 23.6 Å². The molecule has 10 heteroatoms. The number of likely N-dealkylation sites (N-methyl/N-ethyl adjacent to an activating group) is 1. The smallest absolute Gasteiger partial charge is 0.265 e. The lowest BCUT2D eigenvalue weighted by atomic mass is 10.0. The summed E-state index contributed by atoms with van der Waals surface area (Å²) in [7, 11) is -0.896. The molecule has 0 bridgehead atoms. The number of carbonyl (C=O) groups is 2. The van der Waals surface area contributed by atoms with Crippen LogP contribution in [0.5, 0.6) is 0 Å². The summed E-state index contributed by atoms with van der Waals surface area (Å²) in [4.78, 5) is 26.5. The lowest BCUT2D eigenvalue weighted by Crippen LogP contribution is -2.38. The standard InChI is InChI=1S/C20H20N2O6S2/c1-22-18-13(23)11-14(15-7-8-16(29-15)20(24)21-9-10-27-2)28-19(18)12-5-3-4-6-17(12)30(22,25)26/h3-8,14H,9-11H2,1-2H3,(H,21,24). The zero-order valence-electron chi connectivity index (χ0n) is 16.4. The summed E-state index contributed by atoms with van der Waals surface area (Å²) in [5, 5.41) is 2.75. The third-order valence-corrected chi connectivity index (χ3v) is 7.95. The highest BCUT2D eigenvalue weighted by Crippen LogP contribution is 2.45. The summed E-state index contributed by atoms with van der Waals surface area (Å²) in [6.07, 6.45) is -0.601. The molecule has 0 saturated heterocycles. The van der Waals surface area contributed by atoms with Crippen molar-refractivity contribution in [1.82, 2.24) is 9.62 Å². The van der Waals surface area contributed by atoms with Crippen LogP contribution in [0.1, 0.15) is 32.6 Å². The van der Waals surface area contributed by atoms with E-state index in [2.05, 4.69) is 5.32 Å². The van der Waals surface area contributed by atoms with E-state index in [0.717, 1.165) is 9.18 Å². The van der Waals surface area contributed by atoms with Gasteiger partial charge in [0.1, 0.15) is 11.8 Å². The Balaban J connectivity index is 1.65. The van der Waals surface area contributed by atoms with E-state index in [-0.39, 0.29) is 34.5 Å². The average Bonchev–Trinajstić information content (AvgIpc) is 3.22. The van der Waals surface area contributed by atoms with Crippen LogP contribution < -0.4 is 5.32 Å². The van der Waals surface area contributed by atoms with E-state index in [1.165, 1.54) is 24.5 Å². The number of thiophene rings is 1. The highest BCUT2D eigenvalue weighted by atomic mass is 32.2. The Morgan fingerprint density at radius 2 is 2.07 bits per heavy atom. The fourth-order valence-electron chi connectivity index (χ4n) is 3.45. The number of ether oxygens (including phenoxy) is 2. The molecule has 3 heterocycles. The molecule has 158 valence electrons. The summed E-state index contributed by atoms with van der Waals surface area (Å²) in [5.41, 5.74) is 0.414. The Morgan fingerprint density at radius 1 is 1.30 bits per heavy atom. The largest absolute Gasteiger partial charge is 0.481 e. The predicted molar refractivity (Wildman–Crippen MR) is 110 cm³/mol. The third kappa shape index (κ3) is 3.40. The molecule has 30 heavy (non-hydrogen) atoms. The van der Waals surface area contributed by atoms with Crippen molar-refractivity contribution in [1.29, 1.82) is 0 Å². The lowest BCUT2D eigenvalue weighted by molar-refractivity contribution is -0.119. The van der Waals surface area contributed by atoms with Crippen LogP contribution in [0, 0.1) is 0 Å². The SMILES string of the molecule is COCCNC(=O)c1ccc(C2CC(=O)C3=C(O2)c2ccccc2S(=O)(=O)N3C)s1. The number of allylic oxidation sites excluding steroid dienone is 1. The van der Waals surface area contributed by atoms with Crippen LogP contribution in [-0.4, -0.2) is 51.7 Å². The van der Waals surface area contributed by atoms with E-state index in [1.807, 2.05) is 0 Å². The number of fused-ring (bicyclic) bond motifs is 2. The van der Waals surface area contributed by atoms with E-state index < -0.39 is 16.1 Å². The van der Waals surface area contributed by atoms with Gasteiger partial charge >= 0.3 is 0 Å². The van der Waals surface area contributed by atoms with Crippen LogP contribution >= 0.6 is 11.3 Å². The second-order valence-corrected chi connectivity index (χ2v) is 9.88. The molecular weight excluding hydrogens is 428 g/mol. The molecule has 2 aliphatic rings. The topological polar surface area (TPSA) is 102 Å². The first kappa shape index (κ1) is 20.6. The fourth-order valence-corrected chi connectivity index (χ4v) is 5.81. The maximum Gasteiger partial charge on any atom is 0.265 e. The van der Waals surface area contributed by atoms with Crippen LogP contribution in [0.2, 0.25) is 0 Å². The Bertz CT molecular complexity index is 1150. The monoisotopic (exact) mass is 448 g/mol. The number of methoxy groups -OCH3 is 1. The molecule has 1 atom stereocenters. The van der Waals surface area contributed by atoms with Crippen LogP contribution in [0.25, 0.3) is 5.76 Å². The van der Waals surface area contributed by atoms with E-state index in [1.54, 1.807) is 37.4 Å². The molecule has 0 saturated carbocycles. The number of sulfonamides is 1. The predicted octanol–water partition coefficient (Wildman–Crippen LogP) is 2.16. The minimum absolute atomic E-state index is 0.00783. The van der Waals surface area contributed by atoms with Crippen molar-refractivity contribution < 1.29 is 27.5 Å². The van der Waals surface area contributed by atoms with Crippen molar-refractivity contribution in [3.8, 4) is 0 Å². The first-order valence-electron chi connectivity index (χ1n) is 9.24. The quantitative estimate of drug-likeness (QED) is 0.704. The molecule has 0 radical (unpaired) electrons. The van der Waals surface area contributed by atoms with Crippen LogP contribution in [0.15, 0.2) is 47.0 Å². The van der Waals surface area contributed by atoms with Gasteiger partial charge in [-0.1, -0.05) is 12.1 Å². The Labute approximate surface area is 178 Å². The second-order valence-electron chi connectivity index (χ2n) is 6.83. The Kier molecular flexibility index (Phi) is 5.39. The number of benzene rings is 1. The number of amides is 1. The van der Waals surface area contributed by atoms with Gasteiger partial charge in [-0.2, -0.15) is 0 Å². The number of nitrogens with one attached hydrogen (secondary N) is 1. The molecule has 8 nitrogen and oxygen atoms in total. The molecule has 1 amide bonds. The molecule has 1 aromatic carbocycles. The molecular formula is C20H20N2O6S2. The lowest BCUT2D eigenvalue weighted by Gasteiger charge is -2.35. The molecule has 4 rings (SSSR count). The van der Waals surface area contributed by atoms with Crippen LogP contribution in [0.3, 0.4) is 0 Å². The zero-order valence-corrected chi connectivity index (χ0v) is 18.0. The molecule has 1 N–H and O–H groups in total. The van der Waals surface area contributed by atoms with Gasteiger partial charge in [0.05, 0.1) is 22.8 Å². The fraction of sp³-hybridized carbons (Fsp3) is 0.300. The van der Waals surface area contributed by atoms with Crippen molar-refractivity contribution in [3.63, 3.8) is 0 Å². The van der Waals surface area contributed by atoms with E-state index in [4.69, 9.17) is 9.47 Å². The Hall–Kier alpha value is -2.69. The van der Waals surface area contributed by atoms with Gasteiger partial charge in [-0.3, -0.25) is 13.9 Å². The maximum atomic E-state index is 12.9. The first-order valence-corrected chi connectivity index (χ1v) is 11.5. The van der Waals surface area contributed by atoms with Gasteiger partial charge in [0, 0.05) is 31.1 Å². The van der Waals surface area contributed by atoms with E-state index in [9.17, 15) is 18.0 Å². The summed E-state index contributed by atoms with van der Waals surface area (Å²) in [5.74, 6) is -0.288. The number of Topliss-reactive ketones (excluding diaryl/α,β-unsaturated/α-hetero) is 1. The first-order chi connectivity index (χ1) is 14.3. The summed E-state index contributed by atoms with van der Waals surface area (Å²) >= 11 is 1.24. The van der Waals surface area contributed by atoms with Crippen LogP contribution in [-0.2, 0) is 24.3 Å². The minimum atomic E-state index is -3.81. The van der Waals surface area contributed by atoms with Crippen molar-refractivity contribution in [2.75, 3.05) is 27.3 Å². The van der Waals surface area contributed by atoms with Crippen molar-refractivity contribution >= 4 is 38.8 Å². The van der Waals surface area contributed by atoms with Gasteiger partial charge < -0.3 is 14.8 Å². The average molecular weight is 449 g/mol. The zero-order chi connectivity index (χ0) is 21.5. The maximum absolute atomic E-state index is 12.9. The molecule has 2 aliphatic heterocycles. The molecule has 1 aromatic heterocycles. The van der Waals surface area contributed by atoms with Gasteiger partial charge in [-0.15, -0.1) is 11.3 Å². The summed E-state index contributed by atoms with van der Waals surface area (Å²) in [6, 6.07) is 9.91. The van der Waals surface area contributed by atoms with Gasteiger partial charge in [-0.05, 0) is 24.3 Å². The number of nitrogens with zero attached hydrogens (tertiary/aromatic N) is 1. The molecule has 0 aliphatic carbocycles. The molecule has 1 unspecified atom stereocenters. The third-order valence-electron chi connectivity index (χ3n) is 4.95. The highest BCUT2D eigenvalue weighted by Gasteiger charge is 2.43. The van der Waals surface area contributed by atoms with Crippen LogP contribution in [0.4, 0.5) is 0 Å². The number of rotatable bonds is 5. The normalized spacial score (nSPS) is 19.7. The molecule has 2 aromatic rings. The van der Waals surface area contributed by atoms with E-state index >= 15 is 0 Å². The molecule has 0 spiro atoms. The second kappa shape index (κ2) is 7.86. The number of hydrogen-bond donors (Lipinski definition) is 1. The Morgan fingerprint density at radius 3 is 2.83 bits per heavy atom. The number of hydrogen-bond acceptors (Lipinski definition) is 7. The van der Waals surface area contributed by atoms with Crippen molar-refractivity contribution in [2.45, 2.75) is 17.4 Å². The highest BCUT2D eigenvalue weighted by molar-refractivity contribution is 7.89. The summed E-state index contributed by atoms with van der Waals surface area (Å²) < 4.78 is 37.6.